The van der Waals surface area contributed by atoms with E-state index >= 15 is 0 Å². The van der Waals surface area contributed by atoms with Crippen molar-refractivity contribution in [2.75, 3.05) is 26.2 Å². The molecule has 1 N–H and O–H groups in total. The molecule has 1 saturated heterocycles. The van der Waals surface area contributed by atoms with Crippen molar-refractivity contribution in [3.8, 4) is 0 Å². The first-order valence-corrected chi connectivity index (χ1v) is 7.62. The molecule has 0 amide bonds. The van der Waals surface area contributed by atoms with Crippen molar-refractivity contribution in [2.45, 2.75) is 64.6 Å². The topological polar surface area (TPSA) is 24.5 Å². The van der Waals surface area contributed by atoms with Gasteiger partial charge in [-0.15, -0.1) is 0 Å². The van der Waals surface area contributed by atoms with Crippen molar-refractivity contribution in [3.63, 3.8) is 0 Å². The van der Waals surface area contributed by atoms with Crippen LogP contribution in [0.25, 0.3) is 0 Å². The van der Waals surface area contributed by atoms with E-state index in [0.29, 0.717) is 17.7 Å². The molecule has 0 aromatic rings. The normalized spacial score (nSPS) is 34.8. The largest absolute Gasteiger partial charge is 0.377 e. The zero-order valence-electron chi connectivity index (χ0n) is 12.5. The fourth-order valence-corrected chi connectivity index (χ4v) is 3.08. The molecule has 2 unspecified atom stereocenters. The first kappa shape index (κ1) is 14.3. The smallest absolute Gasteiger partial charge is 0.0597 e. The molecule has 0 aromatic carbocycles. The summed E-state index contributed by atoms with van der Waals surface area (Å²) < 4.78 is 5.72. The Morgan fingerprint density at radius 2 is 2.06 bits per heavy atom. The Labute approximate surface area is 112 Å². The molecule has 2 atom stereocenters. The third kappa shape index (κ3) is 3.69. The fraction of sp³-hybridized carbons (Fsp3) is 1.00. The highest BCUT2D eigenvalue weighted by atomic mass is 16.5. The van der Waals surface area contributed by atoms with E-state index in [0.717, 1.165) is 25.6 Å². The number of ether oxygens (including phenoxy) is 1. The Morgan fingerprint density at radius 3 is 2.67 bits per heavy atom. The summed E-state index contributed by atoms with van der Waals surface area (Å²) in [5.41, 5.74) is 0.336. The highest BCUT2D eigenvalue weighted by Gasteiger charge is 2.43. The Morgan fingerprint density at radius 1 is 1.33 bits per heavy atom. The zero-order valence-corrected chi connectivity index (χ0v) is 12.5. The number of hydrogen-bond donors (Lipinski definition) is 1. The summed E-state index contributed by atoms with van der Waals surface area (Å²) in [6.45, 7) is 13.3. The maximum absolute atomic E-state index is 5.72. The molecule has 1 heterocycles. The van der Waals surface area contributed by atoms with E-state index in [2.05, 4.69) is 37.9 Å². The van der Waals surface area contributed by atoms with Gasteiger partial charge < -0.3 is 10.1 Å². The maximum atomic E-state index is 5.72. The molecule has 106 valence electrons. The average molecular weight is 254 g/mol. The summed E-state index contributed by atoms with van der Waals surface area (Å²) in [5.74, 6) is 0.899. The zero-order chi connectivity index (χ0) is 13.2. The average Bonchev–Trinajstić information content (AvgIpc) is 3.09. The lowest BCUT2D eigenvalue weighted by atomic mass is 9.95. The molecule has 0 bridgehead atoms. The second-order valence-corrected chi connectivity index (χ2v) is 6.65. The summed E-state index contributed by atoms with van der Waals surface area (Å²) in [7, 11) is 0. The molecule has 0 radical (unpaired) electrons. The molecule has 1 aliphatic carbocycles. The first-order chi connectivity index (χ1) is 8.51. The lowest BCUT2D eigenvalue weighted by molar-refractivity contribution is 0.0450. The Balaban J connectivity index is 1.88. The molecule has 18 heavy (non-hydrogen) atoms. The van der Waals surface area contributed by atoms with Crippen LogP contribution in [0, 0.1) is 5.92 Å². The maximum Gasteiger partial charge on any atom is 0.0597 e. The minimum absolute atomic E-state index is 0.336. The van der Waals surface area contributed by atoms with Gasteiger partial charge in [-0.3, -0.25) is 4.90 Å². The van der Waals surface area contributed by atoms with Gasteiger partial charge >= 0.3 is 0 Å². The monoisotopic (exact) mass is 254 g/mol. The van der Waals surface area contributed by atoms with Crippen LogP contribution in [0.5, 0.6) is 0 Å². The minimum Gasteiger partial charge on any atom is -0.377 e. The molecule has 2 fully saturated rings. The molecule has 3 heteroatoms. The number of nitrogens with zero attached hydrogens (tertiary/aromatic N) is 1. The summed E-state index contributed by atoms with van der Waals surface area (Å²) >= 11 is 0. The van der Waals surface area contributed by atoms with Gasteiger partial charge in [-0.1, -0.05) is 0 Å². The van der Waals surface area contributed by atoms with Crippen LogP contribution >= 0.6 is 0 Å². The predicted molar refractivity (Wildman–Crippen MR) is 75.9 cm³/mol. The lowest BCUT2D eigenvalue weighted by Gasteiger charge is -2.36. The van der Waals surface area contributed by atoms with E-state index in [9.17, 15) is 0 Å². The van der Waals surface area contributed by atoms with E-state index < -0.39 is 0 Å². The quantitative estimate of drug-likeness (QED) is 0.814. The fourth-order valence-electron chi connectivity index (χ4n) is 3.08. The van der Waals surface area contributed by atoms with Crippen LogP contribution in [0.2, 0.25) is 0 Å². The van der Waals surface area contributed by atoms with Gasteiger partial charge in [-0.25, -0.2) is 0 Å². The molecule has 3 nitrogen and oxygen atoms in total. The molecular weight excluding hydrogens is 224 g/mol. The lowest BCUT2D eigenvalue weighted by Crippen LogP contribution is -2.52. The van der Waals surface area contributed by atoms with Gasteiger partial charge in [0.1, 0.15) is 0 Å². The van der Waals surface area contributed by atoms with Crippen molar-refractivity contribution < 1.29 is 4.74 Å². The van der Waals surface area contributed by atoms with Crippen molar-refractivity contribution in [2.24, 2.45) is 5.92 Å². The van der Waals surface area contributed by atoms with Crippen LogP contribution in [-0.2, 0) is 4.74 Å². The second-order valence-electron chi connectivity index (χ2n) is 6.65. The summed E-state index contributed by atoms with van der Waals surface area (Å²) in [5, 5.41) is 3.80. The van der Waals surface area contributed by atoms with Gasteiger partial charge in [0, 0.05) is 24.7 Å². The van der Waals surface area contributed by atoms with Crippen LogP contribution in [-0.4, -0.2) is 48.8 Å². The van der Waals surface area contributed by atoms with Gasteiger partial charge in [0.15, 0.2) is 0 Å². The van der Waals surface area contributed by atoms with Crippen LogP contribution < -0.4 is 5.32 Å². The molecule has 0 spiro atoms. The standard InChI is InChI=1S/C15H30N2O/c1-12(2)18-10-9-17-11-15(4,14-5-6-14)16-8-7-13(17)3/h12-14,16H,5-11H2,1-4H3. The van der Waals surface area contributed by atoms with E-state index in [-0.39, 0.29) is 0 Å². The first-order valence-electron chi connectivity index (χ1n) is 7.62. The molecular formula is C15H30N2O. The molecule has 0 aromatic heterocycles. The summed E-state index contributed by atoms with van der Waals surface area (Å²) in [4.78, 5) is 2.63. The van der Waals surface area contributed by atoms with E-state index in [1.54, 1.807) is 0 Å². The van der Waals surface area contributed by atoms with Gasteiger partial charge in [0.2, 0.25) is 0 Å². The third-order valence-corrected chi connectivity index (χ3v) is 4.55. The minimum atomic E-state index is 0.336. The van der Waals surface area contributed by atoms with Gasteiger partial charge in [0.25, 0.3) is 0 Å². The Kier molecular flexibility index (Phi) is 4.68. The highest BCUT2D eigenvalue weighted by Crippen LogP contribution is 2.40. The molecule has 2 aliphatic rings. The third-order valence-electron chi connectivity index (χ3n) is 4.55. The summed E-state index contributed by atoms with van der Waals surface area (Å²) in [6.07, 6.45) is 4.42. The van der Waals surface area contributed by atoms with Crippen molar-refractivity contribution in [1.82, 2.24) is 10.2 Å². The van der Waals surface area contributed by atoms with Gasteiger partial charge in [-0.05, 0) is 59.4 Å². The van der Waals surface area contributed by atoms with E-state index in [1.807, 2.05) is 0 Å². The van der Waals surface area contributed by atoms with Crippen LogP contribution in [0.4, 0.5) is 0 Å². The molecule has 1 saturated carbocycles. The van der Waals surface area contributed by atoms with E-state index in [1.165, 1.54) is 25.8 Å². The number of hydrogen-bond acceptors (Lipinski definition) is 3. The Bertz CT molecular complexity index is 265. The van der Waals surface area contributed by atoms with Crippen LogP contribution in [0.15, 0.2) is 0 Å². The second kappa shape index (κ2) is 5.89. The van der Waals surface area contributed by atoms with Gasteiger partial charge in [0.05, 0.1) is 12.7 Å². The van der Waals surface area contributed by atoms with E-state index in [4.69, 9.17) is 4.74 Å². The van der Waals surface area contributed by atoms with Crippen LogP contribution in [0.3, 0.4) is 0 Å². The van der Waals surface area contributed by atoms with Crippen molar-refractivity contribution >= 4 is 0 Å². The number of rotatable bonds is 5. The predicted octanol–water partition coefficient (Wildman–Crippen LogP) is 2.26. The SMILES string of the molecule is CC(C)OCCN1CC(C)(C2CC2)NCCC1C. The van der Waals surface area contributed by atoms with Crippen LogP contribution in [0.1, 0.15) is 47.0 Å². The number of nitrogens with one attached hydrogen (secondary N) is 1. The summed E-state index contributed by atoms with van der Waals surface area (Å²) in [6, 6.07) is 0.675. The molecule has 2 rings (SSSR count). The Hall–Kier alpha value is -0.120. The van der Waals surface area contributed by atoms with Gasteiger partial charge in [-0.2, -0.15) is 0 Å². The molecule has 1 aliphatic heterocycles. The highest BCUT2D eigenvalue weighted by molar-refractivity contribution is 5.01. The van der Waals surface area contributed by atoms with Crippen molar-refractivity contribution in [3.05, 3.63) is 0 Å². The van der Waals surface area contributed by atoms with Crippen molar-refractivity contribution in [1.29, 1.82) is 0 Å².